The zero-order valence-electron chi connectivity index (χ0n) is 17.3. The van der Waals surface area contributed by atoms with Crippen LogP contribution in [0, 0.1) is 6.92 Å². The lowest BCUT2D eigenvalue weighted by Gasteiger charge is -2.22. The van der Waals surface area contributed by atoms with Gasteiger partial charge >= 0.3 is 6.03 Å². The van der Waals surface area contributed by atoms with Gasteiger partial charge in [-0.15, -0.1) is 0 Å². The van der Waals surface area contributed by atoms with Crippen LogP contribution in [-0.2, 0) is 9.59 Å². The molecule has 3 rings (SSSR count). The maximum absolute atomic E-state index is 13.1. The van der Waals surface area contributed by atoms with E-state index in [9.17, 15) is 14.4 Å². The summed E-state index contributed by atoms with van der Waals surface area (Å²) in [5, 5.41) is 5.47. The second kappa shape index (κ2) is 9.26. The fraction of sp³-hybridized carbons (Fsp3) is 0.261. The minimum atomic E-state index is -0.615. The van der Waals surface area contributed by atoms with Crippen molar-refractivity contribution in [2.45, 2.75) is 19.9 Å². The number of urea groups is 1. The second-order valence-corrected chi connectivity index (χ2v) is 7.16. The van der Waals surface area contributed by atoms with Crippen molar-refractivity contribution in [2.24, 2.45) is 0 Å². The number of hydrogen-bond donors (Lipinski definition) is 2. The molecule has 7 nitrogen and oxygen atoms in total. The van der Waals surface area contributed by atoms with Gasteiger partial charge in [-0.05, 0) is 37.6 Å². The maximum Gasteiger partial charge on any atom is 0.325 e. The van der Waals surface area contributed by atoms with E-state index in [1.807, 2.05) is 62.4 Å². The minimum absolute atomic E-state index is 0.0345. The number of methoxy groups -OCH3 is 1. The molecule has 1 saturated heterocycles. The molecule has 0 spiro atoms. The van der Waals surface area contributed by atoms with Crippen molar-refractivity contribution in [3.63, 3.8) is 0 Å². The summed E-state index contributed by atoms with van der Waals surface area (Å²) in [6, 6.07) is 14.1. The molecule has 4 amide bonds. The van der Waals surface area contributed by atoms with Crippen LogP contribution in [0.4, 0.5) is 4.79 Å². The Kier molecular flexibility index (Phi) is 6.51. The summed E-state index contributed by atoms with van der Waals surface area (Å²) in [5.41, 5.74) is 2.90. The molecule has 0 radical (unpaired) electrons. The van der Waals surface area contributed by atoms with Gasteiger partial charge in [0.1, 0.15) is 12.3 Å². The van der Waals surface area contributed by atoms with Crippen LogP contribution in [0.2, 0.25) is 0 Å². The summed E-state index contributed by atoms with van der Waals surface area (Å²) >= 11 is 0. The van der Waals surface area contributed by atoms with E-state index in [2.05, 4.69) is 10.6 Å². The number of amides is 4. The number of carbonyl (C=O) groups excluding carboxylic acids is 3. The summed E-state index contributed by atoms with van der Waals surface area (Å²) in [4.78, 5) is 39.0. The lowest BCUT2D eigenvalue weighted by molar-refractivity contribution is -0.128. The van der Waals surface area contributed by atoms with Crippen molar-refractivity contribution in [2.75, 3.05) is 20.2 Å². The number of nitrogens with one attached hydrogen (secondary N) is 2. The number of hydrogen-bond acceptors (Lipinski definition) is 4. The number of imide groups is 1. The van der Waals surface area contributed by atoms with E-state index in [1.54, 1.807) is 13.2 Å². The van der Waals surface area contributed by atoms with Crippen LogP contribution in [0.15, 0.2) is 54.1 Å². The molecule has 30 heavy (non-hydrogen) atoms. The van der Waals surface area contributed by atoms with Gasteiger partial charge in [-0.25, -0.2) is 4.79 Å². The number of ether oxygens (including phenoxy) is 1. The van der Waals surface area contributed by atoms with Crippen LogP contribution in [0.5, 0.6) is 5.75 Å². The Morgan fingerprint density at radius 1 is 1.20 bits per heavy atom. The summed E-state index contributed by atoms with van der Waals surface area (Å²) in [6.07, 6.45) is 1.65. The molecule has 0 unspecified atom stereocenters. The van der Waals surface area contributed by atoms with E-state index in [0.717, 1.165) is 16.0 Å². The van der Waals surface area contributed by atoms with Crippen molar-refractivity contribution < 1.29 is 19.1 Å². The summed E-state index contributed by atoms with van der Waals surface area (Å²) in [7, 11) is 1.55. The Labute approximate surface area is 175 Å². The molecule has 1 heterocycles. The molecule has 156 valence electrons. The fourth-order valence-corrected chi connectivity index (χ4v) is 3.23. The molecule has 1 atom stereocenters. The Balaban J connectivity index is 1.86. The van der Waals surface area contributed by atoms with Crippen LogP contribution in [0.25, 0.3) is 6.08 Å². The molecular weight excluding hydrogens is 382 g/mol. The summed E-state index contributed by atoms with van der Waals surface area (Å²) < 4.78 is 5.37. The number of nitrogens with zero attached hydrogens (tertiary/aromatic N) is 1. The standard InChI is InChI=1S/C23H25N3O4/c1-15-9-10-20(30-3)18(11-15)12-19-13-24-21(27)14-26(22(19)28)23(29)25-16(2)17-7-5-4-6-8-17/h4-12,16H,13-14H2,1-3H3,(H,24,27)(H,25,29)/b19-12+/t16-/m1/s1. The van der Waals surface area contributed by atoms with Gasteiger partial charge in [0, 0.05) is 17.7 Å². The molecule has 0 aromatic heterocycles. The average molecular weight is 407 g/mol. The number of benzene rings is 2. The molecule has 2 aromatic carbocycles. The van der Waals surface area contributed by atoms with E-state index in [-0.39, 0.29) is 19.1 Å². The van der Waals surface area contributed by atoms with Crippen LogP contribution in [-0.4, -0.2) is 42.9 Å². The molecule has 7 heteroatoms. The highest BCUT2D eigenvalue weighted by Crippen LogP contribution is 2.23. The van der Waals surface area contributed by atoms with Crippen molar-refractivity contribution in [1.29, 1.82) is 0 Å². The Bertz CT molecular complexity index is 985. The molecule has 1 fully saturated rings. The van der Waals surface area contributed by atoms with Gasteiger partial charge in [-0.1, -0.05) is 42.0 Å². The topological polar surface area (TPSA) is 87.7 Å². The smallest absolute Gasteiger partial charge is 0.325 e. The van der Waals surface area contributed by atoms with Crippen molar-refractivity contribution >= 4 is 23.9 Å². The Morgan fingerprint density at radius 2 is 1.93 bits per heavy atom. The zero-order valence-corrected chi connectivity index (χ0v) is 17.3. The van der Waals surface area contributed by atoms with Crippen molar-refractivity contribution in [3.05, 3.63) is 70.8 Å². The van der Waals surface area contributed by atoms with E-state index in [1.165, 1.54) is 0 Å². The van der Waals surface area contributed by atoms with E-state index in [0.29, 0.717) is 16.9 Å². The summed E-state index contributed by atoms with van der Waals surface area (Å²) in [5.74, 6) is -0.315. The van der Waals surface area contributed by atoms with Crippen molar-refractivity contribution in [3.8, 4) is 5.75 Å². The first-order chi connectivity index (χ1) is 14.4. The zero-order chi connectivity index (χ0) is 21.7. The van der Waals surface area contributed by atoms with Crippen LogP contribution >= 0.6 is 0 Å². The number of aryl methyl sites for hydroxylation is 1. The first kappa shape index (κ1) is 21.1. The first-order valence-corrected chi connectivity index (χ1v) is 9.68. The SMILES string of the molecule is COc1ccc(C)cc1/C=C1\CNC(=O)CN(C(=O)N[C@H](C)c2ccccc2)C1=O. The third kappa shape index (κ3) is 4.86. The quantitative estimate of drug-likeness (QED) is 0.763. The summed E-state index contributed by atoms with van der Waals surface area (Å²) in [6.45, 7) is 3.45. The molecule has 1 aliphatic heterocycles. The lowest BCUT2D eigenvalue weighted by atomic mass is 10.1. The molecule has 1 aliphatic rings. The second-order valence-electron chi connectivity index (χ2n) is 7.16. The van der Waals surface area contributed by atoms with E-state index >= 15 is 0 Å². The predicted molar refractivity (Wildman–Crippen MR) is 114 cm³/mol. The van der Waals surface area contributed by atoms with Gasteiger partial charge in [-0.2, -0.15) is 0 Å². The largest absolute Gasteiger partial charge is 0.496 e. The highest BCUT2D eigenvalue weighted by Gasteiger charge is 2.31. The lowest BCUT2D eigenvalue weighted by Crippen LogP contribution is -2.46. The normalized spacial score (nSPS) is 16.6. The van der Waals surface area contributed by atoms with E-state index in [4.69, 9.17) is 4.74 Å². The minimum Gasteiger partial charge on any atom is -0.496 e. The first-order valence-electron chi connectivity index (χ1n) is 9.68. The molecular formula is C23H25N3O4. The molecule has 2 aromatic rings. The molecule has 0 bridgehead atoms. The van der Waals surface area contributed by atoms with Gasteiger partial charge in [0.2, 0.25) is 5.91 Å². The third-order valence-electron chi connectivity index (χ3n) is 4.90. The fourth-order valence-electron chi connectivity index (χ4n) is 3.23. The van der Waals surface area contributed by atoms with Gasteiger partial charge in [0.25, 0.3) is 5.91 Å². The van der Waals surface area contributed by atoms with Crippen LogP contribution in [0.1, 0.15) is 29.7 Å². The highest BCUT2D eigenvalue weighted by atomic mass is 16.5. The van der Waals surface area contributed by atoms with Gasteiger partial charge in [0.05, 0.1) is 13.2 Å². The van der Waals surface area contributed by atoms with Crippen LogP contribution in [0.3, 0.4) is 0 Å². The van der Waals surface area contributed by atoms with Crippen LogP contribution < -0.4 is 15.4 Å². The molecule has 0 saturated carbocycles. The Morgan fingerprint density at radius 3 is 2.63 bits per heavy atom. The number of carbonyl (C=O) groups is 3. The van der Waals surface area contributed by atoms with Crippen molar-refractivity contribution in [1.82, 2.24) is 15.5 Å². The van der Waals surface area contributed by atoms with Gasteiger partial charge in [-0.3, -0.25) is 14.5 Å². The molecule has 2 N–H and O–H groups in total. The highest BCUT2D eigenvalue weighted by molar-refractivity contribution is 6.10. The maximum atomic E-state index is 13.1. The number of rotatable bonds is 4. The van der Waals surface area contributed by atoms with Gasteiger partial charge < -0.3 is 15.4 Å². The average Bonchev–Trinajstić information content (AvgIpc) is 2.88. The Hall–Kier alpha value is -3.61. The van der Waals surface area contributed by atoms with Gasteiger partial charge in [0.15, 0.2) is 0 Å². The molecule has 0 aliphatic carbocycles. The third-order valence-corrected chi connectivity index (χ3v) is 4.90. The predicted octanol–water partition coefficient (Wildman–Crippen LogP) is 2.82. The monoisotopic (exact) mass is 407 g/mol. The van der Waals surface area contributed by atoms with E-state index < -0.39 is 17.8 Å².